The lowest BCUT2D eigenvalue weighted by Crippen LogP contribution is -2.13. The van der Waals surface area contributed by atoms with Crippen LogP contribution in [-0.4, -0.2) is 10.9 Å². The van der Waals surface area contributed by atoms with Crippen LogP contribution >= 0.6 is 11.3 Å². The van der Waals surface area contributed by atoms with Crippen molar-refractivity contribution in [3.63, 3.8) is 0 Å². The number of anilines is 1. The van der Waals surface area contributed by atoms with Crippen molar-refractivity contribution in [2.75, 3.05) is 5.32 Å². The Morgan fingerprint density at radius 2 is 1.61 bits per heavy atom. The standard InChI is InChI=1S/C26H24N2O2S/c1-2-19-12-14-20(15-13-19)16-22-17-27-26(31-22)28-25(29)23-10-6-7-11-24(23)30-18-21-8-4-3-5-9-21/h3-15,17H,2,16,18H2,1H3,(H,27,28,29). The molecule has 156 valence electrons. The largest absolute Gasteiger partial charge is 0.488 e. The Labute approximate surface area is 186 Å². The van der Waals surface area contributed by atoms with Gasteiger partial charge in [-0.15, -0.1) is 11.3 Å². The summed E-state index contributed by atoms with van der Waals surface area (Å²) in [5, 5.41) is 3.50. The van der Waals surface area contributed by atoms with Gasteiger partial charge in [-0.3, -0.25) is 10.1 Å². The fourth-order valence-electron chi connectivity index (χ4n) is 3.22. The first-order chi connectivity index (χ1) is 15.2. The van der Waals surface area contributed by atoms with E-state index in [-0.39, 0.29) is 5.91 Å². The molecule has 0 saturated carbocycles. The first kappa shape index (κ1) is 20.8. The van der Waals surface area contributed by atoms with Gasteiger partial charge in [-0.05, 0) is 35.2 Å². The Bertz CT molecular complexity index is 1140. The zero-order chi connectivity index (χ0) is 21.5. The summed E-state index contributed by atoms with van der Waals surface area (Å²) in [6.45, 7) is 2.56. The summed E-state index contributed by atoms with van der Waals surface area (Å²) in [6.07, 6.45) is 3.66. The molecule has 0 atom stereocenters. The highest BCUT2D eigenvalue weighted by atomic mass is 32.1. The van der Waals surface area contributed by atoms with E-state index in [4.69, 9.17) is 4.74 Å². The predicted molar refractivity (Wildman–Crippen MR) is 126 cm³/mol. The van der Waals surface area contributed by atoms with Crippen LogP contribution in [0.3, 0.4) is 0 Å². The maximum Gasteiger partial charge on any atom is 0.261 e. The van der Waals surface area contributed by atoms with E-state index >= 15 is 0 Å². The van der Waals surface area contributed by atoms with Gasteiger partial charge in [0, 0.05) is 17.5 Å². The lowest BCUT2D eigenvalue weighted by molar-refractivity contribution is 0.102. The van der Waals surface area contributed by atoms with Gasteiger partial charge in [0.2, 0.25) is 0 Å². The molecule has 3 aromatic carbocycles. The van der Waals surface area contributed by atoms with Crippen molar-refractivity contribution in [2.24, 2.45) is 0 Å². The molecule has 1 heterocycles. The maximum atomic E-state index is 12.9. The van der Waals surface area contributed by atoms with E-state index in [1.54, 1.807) is 6.07 Å². The third kappa shape index (κ3) is 5.58. The summed E-state index contributed by atoms with van der Waals surface area (Å²) in [4.78, 5) is 18.3. The van der Waals surface area contributed by atoms with E-state index in [9.17, 15) is 4.79 Å². The summed E-state index contributed by atoms with van der Waals surface area (Å²) in [5.74, 6) is 0.327. The van der Waals surface area contributed by atoms with Crippen molar-refractivity contribution in [1.29, 1.82) is 0 Å². The highest BCUT2D eigenvalue weighted by Crippen LogP contribution is 2.25. The number of ether oxygens (including phenoxy) is 1. The molecule has 31 heavy (non-hydrogen) atoms. The summed E-state index contributed by atoms with van der Waals surface area (Å²) in [6, 6.07) is 25.8. The van der Waals surface area contributed by atoms with Crippen molar-refractivity contribution < 1.29 is 9.53 Å². The molecule has 1 N–H and O–H groups in total. The minimum absolute atomic E-state index is 0.225. The molecule has 4 nitrogen and oxygen atoms in total. The van der Waals surface area contributed by atoms with Crippen molar-refractivity contribution in [3.05, 3.63) is 112 Å². The van der Waals surface area contributed by atoms with Crippen LogP contribution in [0.2, 0.25) is 0 Å². The van der Waals surface area contributed by atoms with Gasteiger partial charge in [-0.2, -0.15) is 0 Å². The van der Waals surface area contributed by atoms with Gasteiger partial charge in [0.1, 0.15) is 12.4 Å². The number of benzene rings is 3. The van der Waals surface area contributed by atoms with Crippen LogP contribution in [0.25, 0.3) is 0 Å². The predicted octanol–water partition coefficient (Wildman–Crippen LogP) is 6.13. The highest BCUT2D eigenvalue weighted by molar-refractivity contribution is 7.15. The molecule has 0 aliphatic carbocycles. The second-order valence-electron chi connectivity index (χ2n) is 7.20. The molecule has 5 heteroatoms. The van der Waals surface area contributed by atoms with Gasteiger partial charge in [-0.1, -0.05) is 73.7 Å². The molecule has 0 spiro atoms. The van der Waals surface area contributed by atoms with E-state index in [0.717, 1.165) is 23.3 Å². The smallest absolute Gasteiger partial charge is 0.261 e. The molecule has 1 aromatic heterocycles. The number of nitrogens with one attached hydrogen (secondary N) is 1. The molecule has 0 unspecified atom stereocenters. The van der Waals surface area contributed by atoms with Crippen LogP contribution in [0.15, 0.2) is 85.1 Å². The molecule has 0 saturated heterocycles. The Balaban J connectivity index is 1.40. The number of nitrogens with zero attached hydrogens (tertiary/aromatic N) is 1. The lowest BCUT2D eigenvalue weighted by Gasteiger charge is -2.11. The number of carbonyl (C=O) groups is 1. The Morgan fingerprint density at radius 3 is 2.39 bits per heavy atom. The zero-order valence-electron chi connectivity index (χ0n) is 17.4. The summed E-state index contributed by atoms with van der Waals surface area (Å²) >= 11 is 1.49. The van der Waals surface area contributed by atoms with Gasteiger partial charge in [-0.25, -0.2) is 4.98 Å². The molecule has 0 radical (unpaired) electrons. The highest BCUT2D eigenvalue weighted by Gasteiger charge is 2.14. The number of rotatable bonds is 8. The lowest BCUT2D eigenvalue weighted by atomic mass is 10.1. The molecular formula is C26H24N2O2S. The van der Waals surface area contributed by atoms with Gasteiger partial charge in [0.25, 0.3) is 5.91 Å². The van der Waals surface area contributed by atoms with Crippen LogP contribution in [-0.2, 0) is 19.4 Å². The van der Waals surface area contributed by atoms with Crippen LogP contribution in [0.1, 0.15) is 38.8 Å². The second-order valence-corrected chi connectivity index (χ2v) is 8.32. The SMILES string of the molecule is CCc1ccc(Cc2cnc(NC(=O)c3ccccc3OCc3ccccc3)s2)cc1. The number of thiazole rings is 1. The Kier molecular flexibility index (Phi) is 6.75. The number of para-hydroxylation sites is 1. The minimum atomic E-state index is -0.225. The number of hydrogen-bond acceptors (Lipinski definition) is 4. The summed E-state index contributed by atoms with van der Waals surface area (Å²) < 4.78 is 5.91. The molecule has 0 aliphatic rings. The number of aryl methyl sites for hydroxylation is 1. The minimum Gasteiger partial charge on any atom is -0.488 e. The second kappa shape index (κ2) is 10.0. The number of aromatic nitrogens is 1. The van der Waals surface area contributed by atoms with Crippen molar-refractivity contribution >= 4 is 22.4 Å². The van der Waals surface area contributed by atoms with Gasteiger partial charge >= 0.3 is 0 Å². The van der Waals surface area contributed by atoms with Crippen molar-refractivity contribution in [1.82, 2.24) is 4.98 Å². The van der Waals surface area contributed by atoms with E-state index < -0.39 is 0 Å². The van der Waals surface area contributed by atoms with Gasteiger partial charge < -0.3 is 4.74 Å². The molecule has 1 amide bonds. The van der Waals surface area contributed by atoms with Crippen molar-refractivity contribution in [2.45, 2.75) is 26.4 Å². The van der Waals surface area contributed by atoms with Gasteiger partial charge in [0.15, 0.2) is 5.13 Å². The average molecular weight is 429 g/mol. The van der Waals surface area contributed by atoms with Crippen LogP contribution in [0, 0.1) is 0 Å². The number of amides is 1. The maximum absolute atomic E-state index is 12.9. The fraction of sp³-hybridized carbons (Fsp3) is 0.154. The Morgan fingerprint density at radius 1 is 0.903 bits per heavy atom. The molecule has 0 bridgehead atoms. The topological polar surface area (TPSA) is 51.2 Å². The third-order valence-electron chi connectivity index (χ3n) is 4.95. The van der Waals surface area contributed by atoms with E-state index in [1.807, 2.05) is 54.7 Å². The van der Waals surface area contributed by atoms with Crippen LogP contribution in [0.4, 0.5) is 5.13 Å². The summed E-state index contributed by atoms with van der Waals surface area (Å²) in [5.41, 5.74) is 4.10. The zero-order valence-corrected chi connectivity index (χ0v) is 18.2. The normalized spacial score (nSPS) is 10.6. The average Bonchev–Trinajstić information content (AvgIpc) is 3.25. The van der Waals surface area contributed by atoms with Crippen LogP contribution < -0.4 is 10.1 Å². The number of carbonyl (C=O) groups excluding carboxylic acids is 1. The van der Waals surface area contributed by atoms with Gasteiger partial charge in [0.05, 0.1) is 5.56 Å². The molecule has 4 aromatic rings. The molecular weight excluding hydrogens is 404 g/mol. The molecule has 0 fully saturated rings. The van der Waals surface area contributed by atoms with Crippen LogP contribution in [0.5, 0.6) is 5.75 Å². The first-order valence-electron chi connectivity index (χ1n) is 10.3. The van der Waals surface area contributed by atoms with E-state index in [2.05, 4.69) is 41.5 Å². The van der Waals surface area contributed by atoms with E-state index in [1.165, 1.54) is 22.5 Å². The van der Waals surface area contributed by atoms with E-state index in [0.29, 0.717) is 23.1 Å². The number of hydrogen-bond donors (Lipinski definition) is 1. The first-order valence-corrected chi connectivity index (χ1v) is 11.1. The fourth-order valence-corrected chi connectivity index (χ4v) is 4.06. The van der Waals surface area contributed by atoms with Crippen molar-refractivity contribution in [3.8, 4) is 5.75 Å². The molecule has 4 rings (SSSR count). The quantitative estimate of drug-likeness (QED) is 0.367. The Hall–Kier alpha value is -3.44. The summed E-state index contributed by atoms with van der Waals surface area (Å²) in [7, 11) is 0. The molecule has 0 aliphatic heterocycles. The third-order valence-corrected chi connectivity index (χ3v) is 5.87. The monoisotopic (exact) mass is 428 g/mol.